The van der Waals surface area contributed by atoms with E-state index in [-0.39, 0.29) is 11.6 Å². The molecule has 1 aliphatic carbocycles. The second-order valence-electron chi connectivity index (χ2n) is 5.93. The standard InChI is InChI=1S/C18H19N3O3/c22-18(23)16-17(20-21-19-16)24-15-11-5-10-14(12-15)9-4-8-13-6-2-1-3-7-13/h5,10-13H,1-3,6-8H2,(H,22,23)(H,19,20,21). The Hall–Kier alpha value is -2.81. The second-order valence-corrected chi connectivity index (χ2v) is 5.93. The molecule has 0 radical (unpaired) electrons. The van der Waals surface area contributed by atoms with Gasteiger partial charge in [0.1, 0.15) is 5.75 Å². The van der Waals surface area contributed by atoms with Gasteiger partial charge in [-0.05, 0) is 37.0 Å². The molecule has 1 aliphatic rings. The molecule has 1 aromatic carbocycles. The van der Waals surface area contributed by atoms with E-state index in [1.54, 1.807) is 12.1 Å². The lowest BCUT2D eigenvalue weighted by atomic mass is 9.87. The van der Waals surface area contributed by atoms with Crippen LogP contribution < -0.4 is 4.74 Å². The number of carbonyl (C=O) groups is 1. The van der Waals surface area contributed by atoms with Crippen molar-refractivity contribution in [3.05, 3.63) is 35.5 Å². The maximum atomic E-state index is 11.0. The summed E-state index contributed by atoms with van der Waals surface area (Å²) in [6.07, 6.45) is 7.48. The highest BCUT2D eigenvalue weighted by atomic mass is 16.5. The van der Waals surface area contributed by atoms with Crippen LogP contribution in [-0.2, 0) is 0 Å². The zero-order valence-corrected chi connectivity index (χ0v) is 13.3. The Morgan fingerprint density at radius 1 is 1.33 bits per heavy atom. The third kappa shape index (κ3) is 4.13. The van der Waals surface area contributed by atoms with Crippen LogP contribution in [0.2, 0.25) is 0 Å². The van der Waals surface area contributed by atoms with Gasteiger partial charge in [-0.25, -0.2) is 9.89 Å². The third-order valence-electron chi connectivity index (χ3n) is 4.12. The van der Waals surface area contributed by atoms with Crippen LogP contribution in [0.1, 0.15) is 54.6 Å². The largest absolute Gasteiger partial charge is 0.476 e. The van der Waals surface area contributed by atoms with Crippen molar-refractivity contribution in [2.75, 3.05) is 0 Å². The number of benzene rings is 1. The molecule has 1 fully saturated rings. The average molecular weight is 325 g/mol. The number of nitrogens with one attached hydrogen (secondary N) is 1. The normalized spacial score (nSPS) is 14.7. The number of aromatic carboxylic acids is 1. The van der Waals surface area contributed by atoms with Gasteiger partial charge in [0.2, 0.25) is 5.69 Å². The van der Waals surface area contributed by atoms with Gasteiger partial charge in [0, 0.05) is 12.0 Å². The zero-order chi connectivity index (χ0) is 16.8. The highest BCUT2D eigenvalue weighted by molar-refractivity contribution is 5.87. The minimum absolute atomic E-state index is 0.00909. The fraction of sp³-hybridized carbons (Fsp3) is 0.389. The third-order valence-corrected chi connectivity index (χ3v) is 4.12. The highest BCUT2D eigenvalue weighted by Crippen LogP contribution is 2.26. The average Bonchev–Trinajstić information content (AvgIpc) is 3.05. The van der Waals surface area contributed by atoms with Gasteiger partial charge >= 0.3 is 5.97 Å². The van der Waals surface area contributed by atoms with E-state index in [4.69, 9.17) is 9.84 Å². The van der Waals surface area contributed by atoms with Crippen molar-refractivity contribution in [2.24, 2.45) is 5.92 Å². The van der Waals surface area contributed by atoms with Gasteiger partial charge in [0.15, 0.2) is 0 Å². The summed E-state index contributed by atoms with van der Waals surface area (Å²) in [6.45, 7) is 0. The molecule has 1 saturated carbocycles. The molecule has 0 saturated heterocycles. The molecular formula is C18H19N3O3. The molecule has 0 aliphatic heterocycles. The van der Waals surface area contributed by atoms with E-state index in [0.717, 1.165) is 17.9 Å². The molecule has 24 heavy (non-hydrogen) atoms. The first-order valence-corrected chi connectivity index (χ1v) is 8.13. The molecule has 2 N–H and O–H groups in total. The van der Waals surface area contributed by atoms with Crippen LogP contribution in [0, 0.1) is 17.8 Å². The number of ether oxygens (including phenoxy) is 1. The minimum atomic E-state index is -1.19. The first-order chi connectivity index (χ1) is 11.7. The van der Waals surface area contributed by atoms with Gasteiger partial charge in [-0.2, -0.15) is 0 Å². The second kappa shape index (κ2) is 7.64. The molecule has 3 rings (SSSR count). The van der Waals surface area contributed by atoms with Gasteiger partial charge in [-0.3, -0.25) is 0 Å². The summed E-state index contributed by atoms with van der Waals surface area (Å²) in [6, 6.07) is 7.24. The Kier molecular flexibility index (Phi) is 5.12. The van der Waals surface area contributed by atoms with Crippen LogP contribution >= 0.6 is 0 Å². The predicted molar refractivity (Wildman–Crippen MR) is 87.9 cm³/mol. The summed E-state index contributed by atoms with van der Waals surface area (Å²) < 4.78 is 5.52. The van der Waals surface area contributed by atoms with Crippen molar-refractivity contribution in [3.63, 3.8) is 0 Å². The van der Waals surface area contributed by atoms with Gasteiger partial charge in [-0.15, -0.1) is 5.10 Å². The minimum Gasteiger partial charge on any atom is -0.476 e. The van der Waals surface area contributed by atoms with E-state index in [9.17, 15) is 4.79 Å². The number of aromatic nitrogens is 3. The van der Waals surface area contributed by atoms with Crippen LogP contribution in [0.3, 0.4) is 0 Å². The Bertz CT molecular complexity index is 767. The fourth-order valence-electron chi connectivity index (χ4n) is 2.87. The van der Waals surface area contributed by atoms with E-state index in [1.165, 1.54) is 32.1 Å². The molecule has 1 heterocycles. The number of hydrogen-bond donors (Lipinski definition) is 2. The quantitative estimate of drug-likeness (QED) is 0.838. The van der Waals surface area contributed by atoms with E-state index in [2.05, 4.69) is 27.3 Å². The molecule has 6 heteroatoms. The fourth-order valence-corrected chi connectivity index (χ4v) is 2.87. The van der Waals surface area contributed by atoms with Crippen LogP contribution in [-0.4, -0.2) is 26.5 Å². The van der Waals surface area contributed by atoms with Crippen molar-refractivity contribution in [2.45, 2.75) is 38.5 Å². The smallest absolute Gasteiger partial charge is 0.362 e. The molecule has 124 valence electrons. The van der Waals surface area contributed by atoms with E-state index in [1.807, 2.05) is 12.1 Å². The SMILES string of the molecule is O=C(O)c1nn[nH]c1Oc1cccc(C#CCC2CCCCC2)c1. The molecular weight excluding hydrogens is 306 g/mol. The maximum absolute atomic E-state index is 11.0. The van der Waals surface area contributed by atoms with Crippen LogP contribution in [0.25, 0.3) is 0 Å². The lowest BCUT2D eigenvalue weighted by molar-refractivity contribution is 0.0687. The number of carboxylic acid groups (broad SMARTS) is 1. The van der Waals surface area contributed by atoms with Crippen LogP contribution in [0.15, 0.2) is 24.3 Å². The zero-order valence-electron chi connectivity index (χ0n) is 13.3. The van der Waals surface area contributed by atoms with Crippen molar-refractivity contribution < 1.29 is 14.6 Å². The number of carboxylic acids is 1. The van der Waals surface area contributed by atoms with Crippen molar-refractivity contribution in [3.8, 4) is 23.5 Å². The molecule has 0 amide bonds. The first kappa shape index (κ1) is 16.1. The molecule has 6 nitrogen and oxygen atoms in total. The summed E-state index contributed by atoms with van der Waals surface area (Å²) in [5.74, 6) is 6.45. The predicted octanol–water partition coefficient (Wildman–Crippen LogP) is 3.62. The van der Waals surface area contributed by atoms with Gasteiger partial charge in [0.25, 0.3) is 5.88 Å². The summed E-state index contributed by atoms with van der Waals surface area (Å²) in [4.78, 5) is 11.0. The van der Waals surface area contributed by atoms with Gasteiger partial charge < -0.3 is 9.84 Å². The van der Waals surface area contributed by atoms with E-state index >= 15 is 0 Å². The monoisotopic (exact) mass is 325 g/mol. The lowest BCUT2D eigenvalue weighted by Crippen LogP contribution is -2.04. The number of nitrogens with zero attached hydrogens (tertiary/aromatic N) is 2. The van der Waals surface area contributed by atoms with E-state index < -0.39 is 5.97 Å². The van der Waals surface area contributed by atoms with Crippen molar-refractivity contribution in [1.82, 2.24) is 15.4 Å². The first-order valence-electron chi connectivity index (χ1n) is 8.13. The molecule has 1 aromatic heterocycles. The highest BCUT2D eigenvalue weighted by Gasteiger charge is 2.16. The molecule has 0 bridgehead atoms. The topological polar surface area (TPSA) is 88.1 Å². The lowest BCUT2D eigenvalue weighted by Gasteiger charge is -2.18. The van der Waals surface area contributed by atoms with Crippen LogP contribution in [0.4, 0.5) is 0 Å². The Morgan fingerprint density at radius 3 is 2.96 bits per heavy atom. The molecule has 0 atom stereocenters. The van der Waals surface area contributed by atoms with E-state index in [0.29, 0.717) is 5.75 Å². The molecule has 0 unspecified atom stereocenters. The molecule has 2 aromatic rings. The van der Waals surface area contributed by atoms with Gasteiger partial charge in [-0.1, -0.05) is 42.4 Å². The number of rotatable bonds is 4. The van der Waals surface area contributed by atoms with Gasteiger partial charge in [0.05, 0.1) is 0 Å². The Labute approximate surface area is 140 Å². The Morgan fingerprint density at radius 2 is 2.17 bits per heavy atom. The summed E-state index contributed by atoms with van der Waals surface area (Å²) in [5, 5.41) is 18.4. The summed E-state index contributed by atoms with van der Waals surface area (Å²) in [7, 11) is 0. The molecule has 0 spiro atoms. The number of H-pyrrole nitrogens is 1. The van der Waals surface area contributed by atoms with Crippen LogP contribution in [0.5, 0.6) is 11.6 Å². The Balaban J connectivity index is 1.66. The summed E-state index contributed by atoms with van der Waals surface area (Å²) in [5.41, 5.74) is 0.594. The summed E-state index contributed by atoms with van der Waals surface area (Å²) >= 11 is 0. The number of aromatic amines is 1. The maximum Gasteiger partial charge on any atom is 0.362 e. The number of hydrogen-bond acceptors (Lipinski definition) is 4. The van der Waals surface area contributed by atoms with Crippen molar-refractivity contribution >= 4 is 5.97 Å². The van der Waals surface area contributed by atoms with Crippen molar-refractivity contribution in [1.29, 1.82) is 0 Å².